The molecule has 0 bridgehead atoms. The van der Waals surface area contributed by atoms with Crippen molar-refractivity contribution >= 4 is 29.3 Å². The molecule has 168 valence electrons. The maximum absolute atomic E-state index is 13.4. The van der Waals surface area contributed by atoms with Crippen molar-refractivity contribution in [3.05, 3.63) is 155 Å². The van der Waals surface area contributed by atoms with Gasteiger partial charge in [0, 0.05) is 16.7 Å². The van der Waals surface area contributed by atoms with Crippen LogP contribution in [-0.2, 0) is 4.79 Å². The molecule has 1 amide bonds. The third-order valence-electron chi connectivity index (χ3n) is 5.66. The average molecular weight is 455 g/mol. The van der Waals surface area contributed by atoms with Crippen molar-refractivity contribution < 1.29 is 9.59 Å². The molecule has 0 aromatic heterocycles. The van der Waals surface area contributed by atoms with Gasteiger partial charge in [0.15, 0.2) is 5.78 Å². The number of benzene rings is 4. The van der Waals surface area contributed by atoms with Gasteiger partial charge in [-0.3, -0.25) is 14.5 Å². The molecule has 0 aliphatic carbocycles. The molecule has 4 aromatic rings. The normalized spacial score (nSPS) is 14.5. The molecule has 5 rings (SSSR count). The van der Waals surface area contributed by atoms with E-state index in [-0.39, 0.29) is 11.7 Å². The van der Waals surface area contributed by atoms with E-state index in [1.807, 2.05) is 91.0 Å². The van der Waals surface area contributed by atoms with Crippen LogP contribution in [0.3, 0.4) is 0 Å². The highest BCUT2D eigenvalue weighted by Crippen LogP contribution is 2.27. The lowest BCUT2D eigenvalue weighted by Gasteiger charge is -2.19. The zero-order valence-electron chi connectivity index (χ0n) is 18.9. The Bertz CT molecular complexity index is 1440. The van der Waals surface area contributed by atoms with Crippen LogP contribution >= 0.6 is 0 Å². The number of hydrogen-bond acceptors (Lipinski definition) is 3. The summed E-state index contributed by atoms with van der Waals surface area (Å²) in [6.45, 7) is 0. The van der Waals surface area contributed by atoms with Gasteiger partial charge in [-0.25, -0.2) is 4.99 Å². The highest BCUT2D eigenvalue weighted by atomic mass is 16.2. The predicted molar refractivity (Wildman–Crippen MR) is 140 cm³/mol. The van der Waals surface area contributed by atoms with Crippen LogP contribution in [0.5, 0.6) is 0 Å². The summed E-state index contributed by atoms with van der Waals surface area (Å²) in [5, 5.41) is 0. The van der Waals surface area contributed by atoms with Crippen LogP contribution in [0.1, 0.15) is 27.0 Å². The smallest absolute Gasteiger partial charge is 0.282 e. The van der Waals surface area contributed by atoms with Gasteiger partial charge in [-0.2, -0.15) is 0 Å². The van der Waals surface area contributed by atoms with E-state index in [9.17, 15) is 9.59 Å². The first-order chi connectivity index (χ1) is 17.2. The van der Waals surface area contributed by atoms with E-state index in [2.05, 4.69) is 4.99 Å². The van der Waals surface area contributed by atoms with E-state index in [1.54, 1.807) is 47.4 Å². The fraction of sp³-hybridized carbons (Fsp3) is 0. The first-order valence-electron chi connectivity index (χ1n) is 11.3. The van der Waals surface area contributed by atoms with Gasteiger partial charge in [0.1, 0.15) is 11.5 Å². The Morgan fingerprint density at radius 1 is 0.686 bits per heavy atom. The van der Waals surface area contributed by atoms with Crippen molar-refractivity contribution in [2.45, 2.75) is 0 Å². The van der Waals surface area contributed by atoms with Crippen LogP contribution in [0.2, 0.25) is 0 Å². The van der Waals surface area contributed by atoms with Gasteiger partial charge in [0.2, 0.25) is 0 Å². The number of nitrogens with zero attached hydrogens (tertiary/aromatic N) is 2. The van der Waals surface area contributed by atoms with Gasteiger partial charge in [0.25, 0.3) is 5.91 Å². The zero-order chi connectivity index (χ0) is 24.0. The molecule has 1 aliphatic rings. The molecule has 0 saturated carbocycles. The number of rotatable bonds is 6. The van der Waals surface area contributed by atoms with E-state index in [1.165, 1.54) is 0 Å². The largest absolute Gasteiger partial charge is 0.289 e. The summed E-state index contributed by atoms with van der Waals surface area (Å²) >= 11 is 0. The van der Waals surface area contributed by atoms with Gasteiger partial charge in [0.05, 0.1) is 5.69 Å². The Kier molecular flexibility index (Phi) is 6.27. The summed E-state index contributed by atoms with van der Waals surface area (Å²) in [5.74, 6) is 0.272. The van der Waals surface area contributed by atoms with Crippen molar-refractivity contribution in [3.63, 3.8) is 0 Å². The highest BCUT2D eigenvalue weighted by molar-refractivity contribution is 6.32. The lowest BCUT2D eigenvalue weighted by molar-refractivity contribution is -0.113. The number of aliphatic imine (C=N–C) groups is 1. The van der Waals surface area contributed by atoms with Crippen molar-refractivity contribution in [1.82, 2.24) is 0 Å². The number of ketones is 1. The molecule has 0 spiro atoms. The molecule has 1 aliphatic heterocycles. The van der Waals surface area contributed by atoms with Crippen LogP contribution < -0.4 is 4.90 Å². The SMILES string of the molecule is O=C(c1ccccc1)c1ccc(N2C(=O)/C(=C/C=C/c3ccccc3)N=C2c2ccccc2)cc1. The number of carbonyl (C=O) groups is 2. The van der Waals surface area contributed by atoms with Crippen LogP contribution in [0.4, 0.5) is 5.69 Å². The van der Waals surface area contributed by atoms with Crippen molar-refractivity contribution in [3.8, 4) is 0 Å². The van der Waals surface area contributed by atoms with Crippen LogP contribution in [-0.4, -0.2) is 17.5 Å². The molecule has 0 saturated heterocycles. The van der Waals surface area contributed by atoms with Gasteiger partial charge in [-0.05, 0) is 35.9 Å². The van der Waals surface area contributed by atoms with E-state index in [4.69, 9.17) is 0 Å². The Balaban J connectivity index is 1.46. The third-order valence-corrected chi connectivity index (χ3v) is 5.66. The summed E-state index contributed by atoms with van der Waals surface area (Å²) in [6.07, 6.45) is 5.50. The maximum Gasteiger partial charge on any atom is 0.282 e. The molecule has 4 nitrogen and oxygen atoms in total. The standard InChI is InChI=1S/C31H22N2O2/c34-29(24-14-6-2-7-15-24)25-19-21-27(22-20-25)33-30(26-16-8-3-9-17-26)32-28(31(33)35)18-10-13-23-11-4-1-5-12-23/h1-22H/b13-10+,28-18-. The molecule has 35 heavy (non-hydrogen) atoms. The number of hydrogen-bond donors (Lipinski definition) is 0. The molecule has 0 fully saturated rings. The quantitative estimate of drug-likeness (QED) is 0.253. The Hall–Kier alpha value is -4.83. The lowest BCUT2D eigenvalue weighted by Crippen LogP contribution is -2.32. The second-order valence-electron chi connectivity index (χ2n) is 8.01. The average Bonchev–Trinajstić information content (AvgIpc) is 3.26. The number of anilines is 1. The van der Waals surface area contributed by atoms with E-state index < -0.39 is 0 Å². The van der Waals surface area contributed by atoms with Crippen LogP contribution in [0.25, 0.3) is 6.08 Å². The lowest BCUT2D eigenvalue weighted by atomic mass is 10.0. The molecule has 0 unspecified atom stereocenters. The second kappa shape index (κ2) is 9.98. The molecule has 4 heteroatoms. The summed E-state index contributed by atoms with van der Waals surface area (Å²) in [6, 6.07) is 35.7. The molecular formula is C31H22N2O2. The summed E-state index contributed by atoms with van der Waals surface area (Å²) < 4.78 is 0. The number of carbonyl (C=O) groups excluding carboxylic acids is 2. The Morgan fingerprint density at radius 3 is 1.91 bits per heavy atom. The highest BCUT2D eigenvalue weighted by Gasteiger charge is 2.32. The van der Waals surface area contributed by atoms with E-state index in [0.29, 0.717) is 28.3 Å². The number of amidine groups is 1. The maximum atomic E-state index is 13.4. The van der Waals surface area contributed by atoms with E-state index >= 15 is 0 Å². The van der Waals surface area contributed by atoms with Crippen molar-refractivity contribution in [2.24, 2.45) is 4.99 Å². The Labute approximate surface area is 204 Å². The minimum Gasteiger partial charge on any atom is -0.289 e. The molecule has 0 radical (unpaired) electrons. The minimum absolute atomic E-state index is 0.0616. The number of allylic oxidation sites excluding steroid dienone is 2. The molecule has 1 heterocycles. The molecule has 0 N–H and O–H groups in total. The predicted octanol–water partition coefficient (Wildman–Crippen LogP) is 6.31. The molecular weight excluding hydrogens is 432 g/mol. The minimum atomic E-state index is -0.219. The van der Waals surface area contributed by atoms with Crippen molar-refractivity contribution in [2.75, 3.05) is 4.90 Å². The van der Waals surface area contributed by atoms with E-state index in [0.717, 1.165) is 11.1 Å². The number of amides is 1. The summed E-state index contributed by atoms with van der Waals surface area (Å²) in [4.78, 5) is 32.5. The molecule has 0 atom stereocenters. The fourth-order valence-electron chi connectivity index (χ4n) is 3.88. The van der Waals surface area contributed by atoms with Crippen LogP contribution in [0.15, 0.2) is 138 Å². The first-order valence-corrected chi connectivity index (χ1v) is 11.3. The first kappa shape index (κ1) is 22.0. The zero-order valence-corrected chi connectivity index (χ0v) is 18.9. The van der Waals surface area contributed by atoms with Gasteiger partial charge in [-0.15, -0.1) is 0 Å². The molecule has 4 aromatic carbocycles. The van der Waals surface area contributed by atoms with Gasteiger partial charge >= 0.3 is 0 Å². The Morgan fingerprint density at radius 2 is 1.26 bits per heavy atom. The van der Waals surface area contributed by atoms with Crippen molar-refractivity contribution in [1.29, 1.82) is 0 Å². The van der Waals surface area contributed by atoms with Crippen LogP contribution in [0, 0.1) is 0 Å². The summed E-state index contributed by atoms with van der Waals surface area (Å²) in [5.41, 5.74) is 4.06. The topological polar surface area (TPSA) is 49.7 Å². The van der Waals surface area contributed by atoms with Gasteiger partial charge < -0.3 is 0 Å². The third kappa shape index (κ3) is 4.77. The summed E-state index contributed by atoms with van der Waals surface area (Å²) in [7, 11) is 0. The fourth-order valence-corrected chi connectivity index (χ4v) is 3.88. The van der Waals surface area contributed by atoms with Gasteiger partial charge in [-0.1, -0.05) is 103 Å². The monoisotopic (exact) mass is 454 g/mol. The second-order valence-corrected chi connectivity index (χ2v) is 8.01.